The van der Waals surface area contributed by atoms with Crippen LogP contribution in [-0.4, -0.2) is 41.9 Å². The van der Waals surface area contributed by atoms with Crippen LogP contribution in [0.1, 0.15) is 51.9 Å². The van der Waals surface area contributed by atoms with Crippen LogP contribution >= 0.6 is 0 Å². The van der Waals surface area contributed by atoms with Crippen molar-refractivity contribution in [1.29, 1.82) is 0 Å². The number of anilines is 1. The van der Waals surface area contributed by atoms with Gasteiger partial charge < -0.3 is 9.80 Å². The summed E-state index contributed by atoms with van der Waals surface area (Å²) in [5.41, 5.74) is 0.822. The van der Waals surface area contributed by atoms with Crippen LogP contribution in [0.4, 0.5) is 11.4 Å². The first-order valence-corrected chi connectivity index (χ1v) is 10.4. The second kappa shape index (κ2) is 9.20. The number of para-hydroxylation sites is 2. The summed E-state index contributed by atoms with van der Waals surface area (Å²) >= 11 is 0. The summed E-state index contributed by atoms with van der Waals surface area (Å²) in [5.74, 6) is 1.13. The molecule has 1 aromatic carbocycles. The lowest BCUT2D eigenvalue weighted by molar-refractivity contribution is -0.384. The lowest BCUT2D eigenvalue weighted by Gasteiger charge is -2.35. The van der Waals surface area contributed by atoms with Crippen molar-refractivity contribution in [3.05, 3.63) is 34.4 Å². The molecule has 0 radical (unpaired) electrons. The summed E-state index contributed by atoms with van der Waals surface area (Å²) in [6.07, 6.45) is 7.55. The largest absolute Gasteiger partial charge is 0.366 e. The third-order valence-electron chi connectivity index (χ3n) is 6.12. The highest BCUT2D eigenvalue weighted by atomic mass is 16.6. The van der Waals surface area contributed by atoms with E-state index in [0.29, 0.717) is 24.7 Å². The minimum Gasteiger partial charge on any atom is -0.366 e. The van der Waals surface area contributed by atoms with E-state index in [1.807, 2.05) is 12.1 Å². The highest BCUT2D eigenvalue weighted by Gasteiger charge is 2.31. The van der Waals surface area contributed by atoms with E-state index in [-0.39, 0.29) is 16.5 Å². The van der Waals surface area contributed by atoms with Crippen molar-refractivity contribution >= 4 is 17.3 Å². The Labute approximate surface area is 161 Å². The lowest BCUT2D eigenvalue weighted by atomic mass is 9.94. The maximum atomic E-state index is 13.0. The Bertz CT molecular complexity index is 656. The fraction of sp³-hybridized carbons (Fsp3) is 0.667. The van der Waals surface area contributed by atoms with Crippen LogP contribution in [-0.2, 0) is 4.79 Å². The first-order valence-electron chi connectivity index (χ1n) is 10.4. The van der Waals surface area contributed by atoms with Crippen molar-refractivity contribution in [2.45, 2.75) is 51.9 Å². The number of carbonyl (C=O) groups excluding carboxylic acids is 1. The Morgan fingerprint density at radius 3 is 2.56 bits per heavy atom. The minimum atomic E-state index is -0.323. The molecule has 0 N–H and O–H groups in total. The average Bonchev–Trinajstić information content (AvgIpc) is 2.93. The number of nitrogens with zero attached hydrogens (tertiary/aromatic N) is 3. The summed E-state index contributed by atoms with van der Waals surface area (Å²) in [4.78, 5) is 28.1. The van der Waals surface area contributed by atoms with Gasteiger partial charge in [-0.15, -0.1) is 0 Å². The predicted molar refractivity (Wildman–Crippen MR) is 107 cm³/mol. The van der Waals surface area contributed by atoms with Gasteiger partial charge in [-0.1, -0.05) is 31.9 Å². The number of carbonyl (C=O) groups is 1. The molecule has 1 amide bonds. The summed E-state index contributed by atoms with van der Waals surface area (Å²) < 4.78 is 0. The van der Waals surface area contributed by atoms with Crippen LogP contribution in [0.25, 0.3) is 0 Å². The van der Waals surface area contributed by atoms with Crippen molar-refractivity contribution in [2.24, 2.45) is 11.8 Å². The molecule has 1 aromatic rings. The molecule has 0 bridgehead atoms. The molecule has 6 nitrogen and oxygen atoms in total. The van der Waals surface area contributed by atoms with Gasteiger partial charge in [0.25, 0.3) is 5.69 Å². The van der Waals surface area contributed by atoms with Gasteiger partial charge in [0.05, 0.1) is 4.92 Å². The maximum Gasteiger partial charge on any atom is 0.292 e. The van der Waals surface area contributed by atoms with Crippen molar-refractivity contribution in [3.63, 3.8) is 0 Å². The first-order chi connectivity index (χ1) is 13.1. The average molecular weight is 373 g/mol. The van der Waals surface area contributed by atoms with Crippen LogP contribution < -0.4 is 4.90 Å². The lowest BCUT2D eigenvalue weighted by Crippen LogP contribution is -2.43. The third-order valence-corrected chi connectivity index (χ3v) is 6.12. The SMILES string of the molecule is CCCC1CCCN(C(=O)C2CCN(c3ccccc3[N+](=O)[O-])CC2)CC1. The van der Waals surface area contributed by atoms with Crippen LogP contribution in [0.3, 0.4) is 0 Å². The van der Waals surface area contributed by atoms with E-state index in [9.17, 15) is 14.9 Å². The van der Waals surface area contributed by atoms with Crippen molar-refractivity contribution in [1.82, 2.24) is 4.90 Å². The molecule has 1 unspecified atom stereocenters. The molecule has 0 aromatic heterocycles. The zero-order chi connectivity index (χ0) is 19.2. The number of likely N-dealkylation sites (tertiary alicyclic amines) is 1. The summed E-state index contributed by atoms with van der Waals surface area (Å²) in [6, 6.07) is 6.89. The Hall–Kier alpha value is -2.11. The van der Waals surface area contributed by atoms with Gasteiger partial charge in [-0.2, -0.15) is 0 Å². The fourth-order valence-corrected chi connectivity index (χ4v) is 4.59. The molecule has 3 rings (SSSR count). The van der Waals surface area contributed by atoms with Crippen LogP contribution in [0.2, 0.25) is 0 Å². The normalized spacial score (nSPS) is 21.7. The highest BCUT2D eigenvalue weighted by molar-refractivity contribution is 5.79. The van der Waals surface area contributed by atoms with Gasteiger partial charge in [0.1, 0.15) is 5.69 Å². The molecule has 2 fully saturated rings. The maximum absolute atomic E-state index is 13.0. The van der Waals surface area contributed by atoms with Gasteiger partial charge in [0.2, 0.25) is 5.91 Å². The number of nitro groups is 1. The van der Waals surface area contributed by atoms with E-state index in [1.165, 1.54) is 19.3 Å². The van der Waals surface area contributed by atoms with Gasteiger partial charge in [-0.25, -0.2) is 0 Å². The fourth-order valence-electron chi connectivity index (χ4n) is 4.59. The van der Waals surface area contributed by atoms with Gasteiger partial charge in [0.15, 0.2) is 0 Å². The number of piperidine rings is 1. The number of hydrogen-bond acceptors (Lipinski definition) is 4. The number of hydrogen-bond donors (Lipinski definition) is 0. The molecule has 2 aliphatic heterocycles. The molecule has 148 valence electrons. The molecule has 6 heteroatoms. The van der Waals surface area contributed by atoms with Crippen molar-refractivity contribution in [3.8, 4) is 0 Å². The quantitative estimate of drug-likeness (QED) is 0.572. The molecule has 0 aliphatic carbocycles. The molecule has 0 saturated carbocycles. The van der Waals surface area contributed by atoms with E-state index in [0.717, 1.165) is 44.7 Å². The summed E-state index contributed by atoms with van der Waals surface area (Å²) in [5, 5.41) is 11.3. The van der Waals surface area contributed by atoms with Crippen LogP contribution in [0.15, 0.2) is 24.3 Å². The van der Waals surface area contributed by atoms with Gasteiger partial charge in [-0.05, 0) is 44.1 Å². The molecule has 2 heterocycles. The van der Waals surface area contributed by atoms with Crippen molar-refractivity contribution < 1.29 is 9.72 Å². The standard InChI is InChI=1S/C21H31N3O3/c1-2-6-17-7-5-13-23(14-10-17)21(25)18-11-15-22(16-12-18)19-8-3-4-9-20(19)24(26)27/h3-4,8-9,17-18H,2,5-7,10-16H2,1H3. The van der Waals surface area contributed by atoms with E-state index >= 15 is 0 Å². The number of nitro benzene ring substituents is 1. The Morgan fingerprint density at radius 2 is 1.85 bits per heavy atom. The van der Waals surface area contributed by atoms with Crippen molar-refractivity contribution in [2.75, 3.05) is 31.1 Å². The van der Waals surface area contributed by atoms with Gasteiger partial charge >= 0.3 is 0 Å². The predicted octanol–water partition coefficient (Wildman–Crippen LogP) is 4.24. The molecule has 0 spiro atoms. The smallest absolute Gasteiger partial charge is 0.292 e. The molecule has 1 atom stereocenters. The Kier molecular flexibility index (Phi) is 6.69. The number of rotatable bonds is 5. The minimum absolute atomic E-state index is 0.0618. The third kappa shape index (κ3) is 4.79. The first kappa shape index (κ1) is 19.6. The monoisotopic (exact) mass is 373 g/mol. The van der Waals surface area contributed by atoms with E-state index < -0.39 is 0 Å². The zero-order valence-electron chi connectivity index (χ0n) is 16.3. The highest BCUT2D eigenvalue weighted by Crippen LogP contribution is 2.32. The van der Waals surface area contributed by atoms with Gasteiger partial charge in [-0.3, -0.25) is 14.9 Å². The second-order valence-electron chi connectivity index (χ2n) is 7.92. The van der Waals surface area contributed by atoms with E-state index in [4.69, 9.17) is 0 Å². The second-order valence-corrected chi connectivity index (χ2v) is 7.92. The Morgan fingerprint density at radius 1 is 1.11 bits per heavy atom. The van der Waals surface area contributed by atoms with Crippen LogP contribution in [0, 0.1) is 22.0 Å². The van der Waals surface area contributed by atoms with Gasteiger partial charge in [0, 0.05) is 38.2 Å². The molecule has 2 saturated heterocycles. The van der Waals surface area contributed by atoms with E-state index in [2.05, 4.69) is 16.7 Å². The molecular weight excluding hydrogens is 342 g/mol. The number of amides is 1. The topological polar surface area (TPSA) is 66.7 Å². The summed E-state index contributed by atoms with van der Waals surface area (Å²) in [7, 11) is 0. The molecule has 2 aliphatic rings. The zero-order valence-corrected chi connectivity index (χ0v) is 16.3. The molecule has 27 heavy (non-hydrogen) atoms. The van der Waals surface area contributed by atoms with E-state index in [1.54, 1.807) is 12.1 Å². The Balaban J connectivity index is 1.56. The molecular formula is C21H31N3O3. The van der Waals surface area contributed by atoms with Crippen LogP contribution in [0.5, 0.6) is 0 Å². The number of benzene rings is 1. The summed E-state index contributed by atoms with van der Waals surface area (Å²) in [6.45, 7) is 5.43.